The monoisotopic (exact) mass is 232 g/mol. The van der Waals surface area contributed by atoms with Crippen LogP contribution in [-0.4, -0.2) is 5.78 Å². The van der Waals surface area contributed by atoms with E-state index in [9.17, 15) is 4.79 Å². The highest BCUT2D eigenvalue weighted by Crippen LogP contribution is 2.10. The Hall–Kier alpha value is -0.570. The number of carbonyl (C=O) groups excluding carboxylic acids is 1. The largest absolute Gasteiger partial charge is 0.288 e. The molecule has 0 radical (unpaired) electrons. The molecule has 13 heavy (non-hydrogen) atoms. The van der Waals surface area contributed by atoms with E-state index in [1.807, 2.05) is 11.4 Å². The Bertz CT molecular complexity index is 335. The lowest BCUT2D eigenvalue weighted by molar-refractivity contribution is 0.105. The molecule has 1 heterocycles. The zero-order chi connectivity index (χ0) is 9.68. The van der Waals surface area contributed by atoms with Crippen molar-refractivity contribution in [3.63, 3.8) is 0 Å². The number of hydrogen-bond donors (Lipinski definition) is 0. The van der Waals surface area contributed by atoms with Gasteiger partial charge in [0, 0.05) is 0 Å². The number of allylic oxidation sites excluding steroid dienone is 3. The Morgan fingerprint density at radius 2 is 2.23 bits per heavy atom. The first-order valence-electron chi connectivity index (χ1n) is 3.47. The topological polar surface area (TPSA) is 17.1 Å². The number of carbonyl (C=O) groups is 1. The molecule has 0 atom stereocenters. The van der Waals surface area contributed by atoms with Crippen molar-refractivity contribution in [3.05, 3.63) is 45.1 Å². The van der Waals surface area contributed by atoms with Crippen molar-refractivity contribution in [2.45, 2.75) is 0 Å². The molecule has 0 spiro atoms. The summed E-state index contributed by atoms with van der Waals surface area (Å²) in [4.78, 5) is 12.0. The zero-order valence-corrected chi connectivity index (χ0v) is 8.86. The predicted octanol–water partition coefficient (Wildman–Crippen LogP) is 3.81. The summed E-state index contributed by atoms with van der Waals surface area (Å²) in [6.07, 6.45) is 4.41. The third-order valence-corrected chi connectivity index (χ3v) is 2.37. The van der Waals surface area contributed by atoms with Crippen LogP contribution >= 0.6 is 34.5 Å². The molecule has 0 bridgehead atoms. The Labute approximate surface area is 90.3 Å². The number of thiophene rings is 1. The van der Waals surface area contributed by atoms with Crippen LogP contribution in [0, 0.1) is 0 Å². The average Bonchev–Trinajstić information content (AvgIpc) is 2.55. The molecule has 1 aromatic heterocycles. The molecule has 4 heteroatoms. The van der Waals surface area contributed by atoms with Crippen molar-refractivity contribution in [3.8, 4) is 0 Å². The van der Waals surface area contributed by atoms with Gasteiger partial charge < -0.3 is 0 Å². The smallest absolute Gasteiger partial charge is 0.195 e. The summed E-state index contributed by atoms with van der Waals surface area (Å²) in [6, 6.07) is 3.60. The molecular weight excluding hydrogens is 227 g/mol. The second kappa shape index (κ2) is 5.22. The summed E-state index contributed by atoms with van der Waals surface area (Å²) in [5.74, 6) is -0.0409. The number of halogens is 2. The number of ketones is 1. The van der Waals surface area contributed by atoms with Crippen molar-refractivity contribution in [1.29, 1.82) is 0 Å². The predicted molar refractivity (Wildman–Crippen MR) is 57.6 cm³/mol. The molecule has 0 fully saturated rings. The minimum atomic E-state index is -0.0409. The van der Waals surface area contributed by atoms with Crippen LogP contribution in [0.2, 0.25) is 0 Å². The molecule has 1 rings (SSSR count). The molecule has 0 saturated heterocycles. The minimum absolute atomic E-state index is 0.0409. The summed E-state index contributed by atoms with van der Waals surface area (Å²) in [7, 11) is 0. The quantitative estimate of drug-likeness (QED) is 0.440. The molecule has 0 amide bonds. The van der Waals surface area contributed by atoms with Gasteiger partial charge in [0.1, 0.15) is 4.49 Å². The highest BCUT2D eigenvalue weighted by atomic mass is 35.5. The molecule has 0 saturated carbocycles. The van der Waals surface area contributed by atoms with E-state index in [0.29, 0.717) is 4.88 Å². The molecule has 0 unspecified atom stereocenters. The summed E-state index contributed by atoms with van der Waals surface area (Å²) >= 11 is 12.1. The maximum Gasteiger partial charge on any atom is 0.195 e. The lowest BCUT2D eigenvalue weighted by Gasteiger charge is -1.85. The highest BCUT2D eigenvalue weighted by Gasteiger charge is 1.99. The maximum atomic E-state index is 11.3. The fraction of sp³-hybridized carbons (Fsp3) is 0. The highest BCUT2D eigenvalue weighted by molar-refractivity contribution is 7.12. The van der Waals surface area contributed by atoms with Crippen LogP contribution in [-0.2, 0) is 0 Å². The van der Waals surface area contributed by atoms with Gasteiger partial charge in [-0.1, -0.05) is 35.3 Å². The van der Waals surface area contributed by atoms with E-state index in [0.717, 1.165) is 0 Å². The maximum absolute atomic E-state index is 11.3. The number of rotatable bonds is 3. The zero-order valence-electron chi connectivity index (χ0n) is 6.54. The van der Waals surface area contributed by atoms with E-state index in [-0.39, 0.29) is 10.3 Å². The van der Waals surface area contributed by atoms with Crippen LogP contribution in [0.3, 0.4) is 0 Å². The molecule has 68 valence electrons. The summed E-state index contributed by atoms with van der Waals surface area (Å²) in [6.45, 7) is 0. The van der Waals surface area contributed by atoms with Crippen LogP contribution in [0.4, 0.5) is 0 Å². The van der Waals surface area contributed by atoms with Crippen LogP contribution in [0.5, 0.6) is 0 Å². The van der Waals surface area contributed by atoms with Crippen molar-refractivity contribution in [2.24, 2.45) is 0 Å². The Kier molecular flexibility index (Phi) is 4.22. The van der Waals surface area contributed by atoms with Crippen LogP contribution in [0.25, 0.3) is 0 Å². The SMILES string of the molecule is O=C(C=CC=C(Cl)Cl)c1cccs1. The third kappa shape index (κ3) is 3.77. The van der Waals surface area contributed by atoms with E-state index in [1.165, 1.54) is 29.6 Å². The van der Waals surface area contributed by atoms with Gasteiger partial charge in [-0.15, -0.1) is 11.3 Å². The summed E-state index contributed by atoms with van der Waals surface area (Å²) in [5.41, 5.74) is 0. The molecule has 0 aliphatic heterocycles. The lowest BCUT2D eigenvalue weighted by Crippen LogP contribution is -1.87. The number of hydrogen-bond acceptors (Lipinski definition) is 2. The van der Waals surface area contributed by atoms with Gasteiger partial charge in [-0.3, -0.25) is 4.79 Å². The molecular formula is C9H6Cl2OS. The van der Waals surface area contributed by atoms with E-state index >= 15 is 0 Å². The van der Waals surface area contributed by atoms with Crippen molar-refractivity contribution in [1.82, 2.24) is 0 Å². The fourth-order valence-electron chi connectivity index (χ4n) is 0.709. The van der Waals surface area contributed by atoms with Gasteiger partial charge in [-0.05, 0) is 23.6 Å². The molecule has 1 aromatic rings. The van der Waals surface area contributed by atoms with Crippen LogP contribution in [0.15, 0.2) is 40.2 Å². The van der Waals surface area contributed by atoms with Crippen LogP contribution in [0.1, 0.15) is 9.67 Å². The Balaban J connectivity index is 2.62. The second-order valence-electron chi connectivity index (χ2n) is 2.16. The van der Waals surface area contributed by atoms with E-state index in [2.05, 4.69) is 0 Å². The van der Waals surface area contributed by atoms with Gasteiger partial charge in [-0.2, -0.15) is 0 Å². The fourth-order valence-corrected chi connectivity index (χ4v) is 1.50. The Morgan fingerprint density at radius 1 is 1.46 bits per heavy atom. The van der Waals surface area contributed by atoms with Gasteiger partial charge in [0.25, 0.3) is 0 Å². The first-order chi connectivity index (χ1) is 6.20. The third-order valence-electron chi connectivity index (χ3n) is 1.23. The van der Waals surface area contributed by atoms with E-state index in [1.54, 1.807) is 6.07 Å². The molecule has 0 N–H and O–H groups in total. The van der Waals surface area contributed by atoms with Gasteiger partial charge in [0.15, 0.2) is 5.78 Å². The van der Waals surface area contributed by atoms with Crippen molar-refractivity contribution >= 4 is 40.3 Å². The normalized spacial score (nSPS) is 10.3. The molecule has 0 aromatic carbocycles. The minimum Gasteiger partial charge on any atom is -0.288 e. The lowest BCUT2D eigenvalue weighted by atomic mass is 10.3. The Morgan fingerprint density at radius 3 is 2.77 bits per heavy atom. The standard InChI is InChI=1S/C9H6Cl2OS/c10-9(11)5-1-3-7(12)8-4-2-6-13-8/h1-6H. The molecule has 1 nitrogen and oxygen atoms in total. The van der Waals surface area contributed by atoms with Crippen molar-refractivity contribution in [2.75, 3.05) is 0 Å². The first kappa shape index (κ1) is 10.5. The van der Waals surface area contributed by atoms with Gasteiger partial charge in [0.2, 0.25) is 0 Å². The van der Waals surface area contributed by atoms with Gasteiger partial charge in [0.05, 0.1) is 4.88 Å². The van der Waals surface area contributed by atoms with Gasteiger partial charge >= 0.3 is 0 Å². The first-order valence-corrected chi connectivity index (χ1v) is 5.11. The summed E-state index contributed by atoms with van der Waals surface area (Å²) < 4.78 is 0.134. The second-order valence-corrected chi connectivity index (χ2v) is 4.11. The average molecular weight is 233 g/mol. The van der Waals surface area contributed by atoms with Gasteiger partial charge in [-0.25, -0.2) is 0 Å². The molecule has 0 aliphatic carbocycles. The van der Waals surface area contributed by atoms with E-state index in [4.69, 9.17) is 23.2 Å². The van der Waals surface area contributed by atoms with Crippen LogP contribution < -0.4 is 0 Å². The van der Waals surface area contributed by atoms with Crippen molar-refractivity contribution < 1.29 is 4.79 Å². The van der Waals surface area contributed by atoms with E-state index < -0.39 is 0 Å². The summed E-state index contributed by atoms with van der Waals surface area (Å²) in [5, 5.41) is 1.85. The molecule has 0 aliphatic rings.